The highest BCUT2D eigenvalue weighted by Gasteiger charge is 2.42. The molecule has 1 aromatic carbocycles. The Kier molecular flexibility index (Phi) is 5.79. The number of benzene rings is 1. The second-order valence-corrected chi connectivity index (χ2v) is 8.32. The highest BCUT2D eigenvalue weighted by molar-refractivity contribution is 6.01. The zero-order chi connectivity index (χ0) is 20.4. The number of likely N-dealkylation sites (tertiary alicyclic amines) is 2. The van der Waals surface area contributed by atoms with Gasteiger partial charge in [-0.1, -0.05) is 18.2 Å². The predicted octanol–water partition coefficient (Wildman–Crippen LogP) is 2.29. The van der Waals surface area contributed by atoms with Gasteiger partial charge in [0.05, 0.1) is 24.7 Å². The fourth-order valence-corrected chi connectivity index (χ4v) is 4.99. The van der Waals surface area contributed by atoms with Crippen LogP contribution in [0, 0.1) is 0 Å². The van der Waals surface area contributed by atoms with Crippen LogP contribution in [0.15, 0.2) is 24.3 Å². The van der Waals surface area contributed by atoms with E-state index in [9.17, 15) is 9.59 Å². The van der Waals surface area contributed by atoms with Crippen LogP contribution in [0.5, 0.6) is 0 Å². The third kappa shape index (κ3) is 3.98. The van der Waals surface area contributed by atoms with Crippen LogP contribution in [0.2, 0.25) is 0 Å². The van der Waals surface area contributed by atoms with E-state index in [0.717, 1.165) is 50.1 Å². The second kappa shape index (κ2) is 8.32. The molecule has 1 atom stereocenters. The van der Waals surface area contributed by atoms with Crippen molar-refractivity contribution in [1.29, 1.82) is 0 Å². The monoisotopic (exact) mass is 401 g/mol. The molecule has 29 heavy (non-hydrogen) atoms. The van der Waals surface area contributed by atoms with E-state index in [-0.39, 0.29) is 23.6 Å². The quantitative estimate of drug-likeness (QED) is 0.758. The van der Waals surface area contributed by atoms with Crippen molar-refractivity contribution in [3.63, 3.8) is 0 Å². The number of carbonyl (C=O) groups excluding carboxylic acids is 2. The fraction of sp³-hybridized carbons (Fsp3) is 0.636. The minimum Gasteiger partial charge on any atom is -0.450 e. The number of carbonyl (C=O) groups is 2. The Morgan fingerprint density at radius 2 is 1.97 bits per heavy atom. The average molecular weight is 402 g/mol. The van der Waals surface area contributed by atoms with E-state index in [1.165, 1.54) is 0 Å². The molecule has 7 nitrogen and oxygen atoms in total. The molecule has 158 valence electrons. The van der Waals surface area contributed by atoms with E-state index >= 15 is 0 Å². The van der Waals surface area contributed by atoms with Crippen LogP contribution in [0.1, 0.15) is 31.7 Å². The maximum absolute atomic E-state index is 12.6. The SMILES string of the molecule is CCOC(=O)N1CCC(CN2CC[C@H](N3C(=O)Cc4ccccc43)C2)(OC)CC1. The Labute approximate surface area is 172 Å². The third-order valence-electron chi connectivity index (χ3n) is 6.62. The highest BCUT2D eigenvalue weighted by atomic mass is 16.6. The summed E-state index contributed by atoms with van der Waals surface area (Å²) in [6.07, 6.45) is 2.86. The first-order chi connectivity index (χ1) is 14.0. The highest BCUT2D eigenvalue weighted by Crippen LogP contribution is 2.34. The van der Waals surface area contributed by atoms with Gasteiger partial charge in [-0.15, -0.1) is 0 Å². The number of hydrogen-bond donors (Lipinski definition) is 0. The molecule has 0 unspecified atom stereocenters. The van der Waals surface area contributed by atoms with Gasteiger partial charge in [-0.2, -0.15) is 0 Å². The lowest BCUT2D eigenvalue weighted by atomic mass is 9.90. The van der Waals surface area contributed by atoms with E-state index in [1.54, 1.807) is 12.0 Å². The number of para-hydroxylation sites is 1. The largest absolute Gasteiger partial charge is 0.450 e. The summed E-state index contributed by atoms with van der Waals surface area (Å²) in [6, 6.07) is 8.34. The molecular weight excluding hydrogens is 370 g/mol. The van der Waals surface area contributed by atoms with Crippen molar-refractivity contribution in [3.05, 3.63) is 29.8 Å². The molecule has 0 bridgehead atoms. The van der Waals surface area contributed by atoms with E-state index in [0.29, 0.717) is 26.1 Å². The van der Waals surface area contributed by atoms with Crippen LogP contribution in [0.25, 0.3) is 0 Å². The van der Waals surface area contributed by atoms with E-state index in [2.05, 4.69) is 17.0 Å². The van der Waals surface area contributed by atoms with Gasteiger partial charge in [0, 0.05) is 45.5 Å². The van der Waals surface area contributed by atoms with Gasteiger partial charge in [0.1, 0.15) is 0 Å². The summed E-state index contributed by atoms with van der Waals surface area (Å²) in [5.74, 6) is 0.210. The lowest BCUT2D eigenvalue weighted by molar-refractivity contribution is -0.117. The van der Waals surface area contributed by atoms with Gasteiger partial charge in [-0.05, 0) is 37.8 Å². The Bertz CT molecular complexity index is 760. The Hall–Kier alpha value is -2.12. The standard InChI is InChI=1S/C22H31N3O4/c1-3-29-21(27)24-12-9-22(28-2,10-13-24)16-23-11-8-18(15-23)25-19-7-5-4-6-17(19)14-20(25)26/h4-7,18H,3,8-16H2,1-2H3/t18-/m0/s1. The number of amides is 2. The third-order valence-corrected chi connectivity index (χ3v) is 6.62. The van der Waals surface area contributed by atoms with Gasteiger partial charge in [0.15, 0.2) is 0 Å². The summed E-state index contributed by atoms with van der Waals surface area (Å²) in [5, 5.41) is 0. The molecule has 3 heterocycles. The number of fused-ring (bicyclic) bond motifs is 1. The van der Waals surface area contributed by atoms with Gasteiger partial charge in [0.2, 0.25) is 5.91 Å². The Morgan fingerprint density at radius 1 is 1.21 bits per heavy atom. The maximum atomic E-state index is 12.6. The summed E-state index contributed by atoms with van der Waals surface area (Å²) >= 11 is 0. The molecular formula is C22H31N3O4. The molecule has 2 fully saturated rings. The molecule has 3 aliphatic rings. The second-order valence-electron chi connectivity index (χ2n) is 8.32. The number of piperidine rings is 1. The average Bonchev–Trinajstić information content (AvgIpc) is 3.31. The van der Waals surface area contributed by atoms with Crippen molar-refractivity contribution in [2.75, 3.05) is 51.3 Å². The molecule has 0 aromatic heterocycles. The normalized spacial score (nSPS) is 24.1. The maximum Gasteiger partial charge on any atom is 0.409 e. The Morgan fingerprint density at radius 3 is 2.69 bits per heavy atom. The molecule has 0 aliphatic carbocycles. The van der Waals surface area contributed by atoms with Crippen molar-refractivity contribution in [1.82, 2.24) is 9.80 Å². The van der Waals surface area contributed by atoms with Gasteiger partial charge in [-0.25, -0.2) is 4.79 Å². The molecule has 3 aliphatic heterocycles. The molecule has 0 saturated carbocycles. The zero-order valence-corrected chi connectivity index (χ0v) is 17.4. The minimum atomic E-state index is -0.245. The van der Waals surface area contributed by atoms with Gasteiger partial charge >= 0.3 is 6.09 Å². The van der Waals surface area contributed by atoms with Gasteiger partial charge < -0.3 is 19.3 Å². The first kappa shape index (κ1) is 20.2. The summed E-state index contributed by atoms with van der Waals surface area (Å²) in [7, 11) is 1.77. The van der Waals surface area contributed by atoms with Crippen LogP contribution in [-0.2, 0) is 20.7 Å². The van der Waals surface area contributed by atoms with Crippen molar-refractivity contribution >= 4 is 17.7 Å². The molecule has 2 saturated heterocycles. The summed E-state index contributed by atoms with van der Waals surface area (Å²) in [4.78, 5) is 30.8. The first-order valence-electron chi connectivity index (χ1n) is 10.6. The number of anilines is 1. The van der Waals surface area contributed by atoms with Crippen molar-refractivity contribution in [3.8, 4) is 0 Å². The number of rotatable bonds is 5. The molecule has 4 rings (SSSR count). The van der Waals surface area contributed by atoms with Crippen molar-refractivity contribution < 1.29 is 19.1 Å². The molecule has 1 aromatic rings. The van der Waals surface area contributed by atoms with E-state index in [1.807, 2.05) is 24.0 Å². The van der Waals surface area contributed by atoms with Crippen LogP contribution in [0.4, 0.5) is 10.5 Å². The van der Waals surface area contributed by atoms with Crippen LogP contribution < -0.4 is 4.90 Å². The number of nitrogens with zero attached hydrogens (tertiary/aromatic N) is 3. The predicted molar refractivity (Wildman–Crippen MR) is 110 cm³/mol. The topological polar surface area (TPSA) is 62.3 Å². The van der Waals surface area contributed by atoms with Crippen LogP contribution in [0.3, 0.4) is 0 Å². The molecule has 0 spiro atoms. The first-order valence-corrected chi connectivity index (χ1v) is 10.6. The van der Waals surface area contributed by atoms with Gasteiger partial charge in [0.25, 0.3) is 0 Å². The van der Waals surface area contributed by atoms with Crippen molar-refractivity contribution in [2.45, 2.75) is 44.2 Å². The number of methoxy groups -OCH3 is 1. The molecule has 0 radical (unpaired) electrons. The fourth-order valence-electron chi connectivity index (χ4n) is 4.99. The number of hydrogen-bond acceptors (Lipinski definition) is 5. The summed E-state index contributed by atoms with van der Waals surface area (Å²) < 4.78 is 11.1. The Balaban J connectivity index is 1.36. The lowest BCUT2D eigenvalue weighted by Crippen LogP contribution is -2.53. The molecule has 7 heteroatoms. The zero-order valence-electron chi connectivity index (χ0n) is 17.4. The summed E-state index contributed by atoms with van der Waals surface area (Å²) in [6.45, 7) is 6.20. The van der Waals surface area contributed by atoms with E-state index in [4.69, 9.17) is 9.47 Å². The summed E-state index contributed by atoms with van der Waals surface area (Å²) in [5.41, 5.74) is 1.97. The van der Waals surface area contributed by atoms with Crippen LogP contribution >= 0.6 is 0 Å². The van der Waals surface area contributed by atoms with Crippen LogP contribution in [-0.4, -0.2) is 79.9 Å². The van der Waals surface area contributed by atoms with E-state index < -0.39 is 0 Å². The lowest BCUT2D eigenvalue weighted by Gasteiger charge is -2.42. The van der Waals surface area contributed by atoms with Crippen molar-refractivity contribution in [2.24, 2.45) is 0 Å². The molecule has 0 N–H and O–H groups in total. The smallest absolute Gasteiger partial charge is 0.409 e. The molecule has 2 amide bonds. The minimum absolute atomic E-state index is 0.210. The van der Waals surface area contributed by atoms with Gasteiger partial charge in [-0.3, -0.25) is 9.69 Å². The number of ether oxygens (including phenoxy) is 2.